The second-order valence-electron chi connectivity index (χ2n) is 6.43. The van der Waals surface area contributed by atoms with E-state index in [0.29, 0.717) is 18.9 Å². The normalized spacial score (nSPS) is 12.5. The molecule has 0 spiro atoms. The highest BCUT2D eigenvalue weighted by atomic mass is 19.2. The van der Waals surface area contributed by atoms with Gasteiger partial charge < -0.3 is 10.1 Å². The molecule has 6 heteroatoms. The molecular formula is C22H15F2NO3. The Balaban J connectivity index is 1.62. The lowest BCUT2D eigenvalue weighted by Gasteiger charge is -2.11. The van der Waals surface area contributed by atoms with Crippen molar-refractivity contribution in [2.45, 2.75) is 13.2 Å². The van der Waals surface area contributed by atoms with E-state index in [2.05, 4.69) is 5.32 Å². The first-order valence-corrected chi connectivity index (χ1v) is 8.62. The number of ether oxygens (including phenoxy) is 1. The van der Waals surface area contributed by atoms with Gasteiger partial charge in [0.15, 0.2) is 17.4 Å². The molecule has 4 rings (SSSR count). The number of carbonyl (C=O) groups excluding carboxylic acids is 2. The van der Waals surface area contributed by atoms with E-state index in [-0.39, 0.29) is 16.7 Å². The van der Waals surface area contributed by atoms with Crippen LogP contribution in [0.25, 0.3) is 0 Å². The van der Waals surface area contributed by atoms with Gasteiger partial charge in [-0.05, 0) is 47.5 Å². The monoisotopic (exact) mass is 379 g/mol. The number of hydrogen-bond donors (Lipinski definition) is 1. The average Bonchev–Trinajstić information content (AvgIpc) is 3.17. The van der Waals surface area contributed by atoms with Gasteiger partial charge in [0.25, 0.3) is 5.91 Å². The summed E-state index contributed by atoms with van der Waals surface area (Å²) < 4.78 is 32.0. The molecule has 0 aliphatic carbocycles. The summed E-state index contributed by atoms with van der Waals surface area (Å²) in [7, 11) is 0. The zero-order valence-corrected chi connectivity index (χ0v) is 14.7. The summed E-state index contributed by atoms with van der Waals surface area (Å²) in [4.78, 5) is 25.5. The molecule has 4 nitrogen and oxygen atoms in total. The van der Waals surface area contributed by atoms with Crippen LogP contribution in [0, 0.1) is 11.6 Å². The number of carbonyl (C=O) groups is 2. The average molecular weight is 379 g/mol. The Morgan fingerprint density at radius 3 is 2.36 bits per heavy atom. The zero-order chi connectivity index (χ0) is 19.7. The number of ketones is 1. The number of halogens is 2. The van der Waals surface area contributed by atoms with Gasteiger partial charge in [-0.2, -0.15) is 0 Å². The maximum absolute atomic E-state index is 13.5. The van der Waals surface area contributed by atoms with Crippen molar-refractivity contribution < 1.29 is 23.1 Å². The van der Waals surface area contributed by atoms with Crippen LogP contribution in [0.4, 0.5) is 14.5 Å². The van der Waals surface area contributed by atoms with Crippen LogP contribution < -0.4 is 5.32 Å². The van der Waals surface area contributed by atoms with Crippen LogP contribution in [0.15, 0.2) is 60.7 Å². The summed E-state index contributed by atoms with van der Waals surface area (Å²) in [6, 6.07) is 14.6. The Bertz CT molecular complexity index is 1090. The number of hydrogen-bond acceptors (Lipinski definition) is 3. The molecule has 0 saturated heterocycles. The summed E-state index contributed by atoms with van der Waals surface area (Å²) in [5.41, 5.74) is 2.89. The molecule has 1 N–H and O–H groups in total. The van der Waals surface area contributed by atoms with E-state index in [1.165, 1.54) is 18.2 Å². The molecule has 1 amide bonds. The Kier molecular flexibility index (Phi) is 4.71. The smallest absolute Gasteiger partial charge is 0.256 e. The lowest BCUT2D eigenvalue weighted by molar-refractivity contribution is 0.0996. The van der Waals surface area contributed by atoms with E-state index in [1.54, 1.807) is 18.2 Å². The number of nitrogens with one attached hydrogen (secondary N) is 1. The Morgan fingerprint density at radius 2 is 1.57 bits per heavy atom. The minimum Gasteiger partial charge on any atom is -0.372 e. The molecular weight excluding hydrogens is 364 g/mol. The predicted octanol–water partition coefficient (Wildman–Crippen LogP) is 4.48. The maximum Gasteiger partial charge on any atom is 0.256 e. The van der Waals surface area contributed by atoms with Crippen LogP contribution in [-0.2, 0) is 18.0 Å². The van der Waals surface area contributed by atoms with Gasteiger partial charge in [0.2, 0.25) is 0 Å². The van der Waals surface area contributed by atoms with Crippen molar-refractivity contribution >= 4 is 17.4 Å². The molecule has 3 aromatic rings. The van der Waals surface area contributed by atoms with E-state index in [1.807, 2.05) is 12.1 Å². The molecule has 0 fully saturated rings. The number of rotatable bonds is 4. The van der Waals surface area contributed by atoms with Crippen molar-refractivity contribution in [2.75, 3.05) is 5.32 Å². The fourth-order valence-electron chi connectivity index (χ4n) is 3.12. The van der Waals surface area contributed by atoms with Crippen LogP contribution in [0.2, 0.25) is 0 Å². The lowest BCUT2D eigenvalue weighted by Crippen LogP contribution is -2.17. The van der Waals surface area contributed by atoms with Gasteiger partial charge in [-0.15, -0.1) is 0 Å². The Labute approximate surface area is 159 Å². The molecule has 28 heavy (non-hydrogen) atoms. The third-order valence-corrected chi connectivity index (χ3v) is 4.58. The first-order valence-electron chi connectivity index (χ1n) is 8.62. The van der Waals surface area contributed by atoms with Crippen LogP contribution in [-0.4, -0.2) is 11.7 Å². The first-order chi connectivity index (χ1) is 13.5. The second-order valence-corrected chi connectivity index (χ2v) is 6.43. The Morgan fingerprint density at radius 1 is 0.821 bits per heavy atom. The third kappa shape index (κ3) is 3.42. The van der Waals surface area contributed by atoms with Gasteiger partial charge in [0.05, 0.1) is 18.8 Å². The number of benzene rings is 3. The number of fused-ring (bicyclic) bond motifs is 1. The third-order valence-electron chi connectivity index (χ3n) is 4.58. The molecule has 0 bridgehead atoms. The zero-order valence-electron chi connectivity index (χ0n) is 14.7. The molecule has 1 aliphatic rings. The van der Waals surface area contributed by atoms with Gasteiger partial charge >= 0.3 is 0 Å². The van der Waals surface area contributed by atoms with Crippen molar-refractivity contribution in [3.05, 3.63) is 100 Å². The standard InChI is InChI=1S/C22H15F2NO3/c23-19-8-6-13(10-20(19)24)21(26)17-3-1-2-4-18(17)22(27)25-16-7-5-14-11-28-12-15(14)9-16/h1-10H,11-12H2,(H,25,27). The molecule has 0 unspecified atom stereocenters. The molecule has 0 saturated carbocycles. The molecule has 0 atom stereocenters. The van der Waals surface area contributed by atoms with E-state index >= 15 is 0 Å². The maximum atomic E-state index is 13.5. The van der Waals surface area contributed by atoms with Gasteiger partial charge in [-0.3, -0.25) is 9.59 Å². The summed E-state index contributed by atoms with van der Waals surface area (Å²) in [5, 5.41) is 2.77. The fraction of sp³-hybridized carbons (Fsp3) is 0.0909. The van der Waals surface area contributed by atoms with Crippen molar-refractivity contribution in [3.8, 4) is 0 Å². The van der Waals surface area contributed by atoms with Gasteiger partial charge in [-0.25, -0.2) is 8.78 Å². The highest BCUT2D eigenvalue weighted by molar-refractivity contribution is 6.17. The van der Waals surface area contributed by atoms with Gasteiger partial charge in [0.1, 0.15) is 0 Å². The van der Waals surface area contributed by atoms with Crippen LogP contribution in [0.3, 0.4) is 0 Å². The topological polar surface area (TPSA) is 55.4 Å². The van der Waals surface area contributed by atoms with Crippen LogP contribution >= 0.6 is 0 Å². The molecule has 1 heterocycles. The van der Waals surface area contributed by atoms with Gasteiger partial charge in [-0.1, -0.05) is 24.3 Å². The van der Waals surface area contributed by atoms with Gasteiger partial charge in [0, 0.05) is 16.8 Å². The van der Waals surface area contributed by atoms with Crippen molar-refractivity contribution in [1.82, 2.24) is 0 Å². The van der Waals surface area contributed by atoms with Crippen LogP contribution in [0.5, 0.6) is 0 Å². The highest BCUT2D eigenvalue weighted by Gasteiger charge is 2.20. The quantitative estimate of drug-likeness (QED) is 0.680. The number of amides is 1. The summed E-state index contributed by atoms with van der Waals surface area (Å²) >= 11 is 0. The Hall–Kier alpha value is -3.38. The van der Waals surface area contributed by atoms with Crippen LogP contribution in [0.1, 0.15) is 37.4 Å². The second kappa shape index (κ2) is 7.32. The number of anilines is 1. The molecule has 0 aromatic heterocycles. The van der Waals surface area contributed by atoms with E-state index in [4.69, 9.17) is 4.74 Å². The van der Waals surface area contributed by atoms with E-state index < -0.39 is 23.3 Å². The minimum atomic E-state index is -1.12. The minimum absolute atomic E-state index is 0.0335. The van der Waals surface area contributed by atoms with Crippen molar-refractivity contribution in [3.63, 3.8) is 0 Å². The van der Waals surface area contributed by atoms with E-state index in [0.717, 1.165) is 23.3 Å². The molecule has 0 radical (unpaired) electrons. The van der Waals surface area contributed by atoms with E-state index in [9.17, 15) is 18.4 Å². The molecule has 1 aliphatic heterocycles. The molecule has 140 valence electrons. The molecule has 3 aromatic carbocycles. The summed E-state index contributed by atoms with van der Waals surface area (Å²) in [5.74, 6) is -3.19. The SMILES string of the molecule is O=C(Nc1ccc2c(c1)COC2)c1ccccc1C(=O)c1ccc(F)c(F)c1. The fourth-order valence-corrected chi connectivity index (χ4v) is 3.12. The summed E-state index contributed by atoms with van der Waals surface area (Å²) in [6.07, 6.45) is 0. The summed E-state index contributed by atoms with van der Waals surface area (Å²) in [6.45, 7) is 1.04. The largest absolute Gasteiger partial charge is 0.372 e. The van der Waals surface area contributed by atoms with Crippen molar-refractivity contribution in [1.29, 1.82) is 0 Å². The van der Waals surface area contributed by atoms with Crippen molar-refractivity contribution in [2.24, 2.45) is 0 Å². The highest BCUT2D eigenvalue weighted by Crippen LogP contribution is 2.24. The first kappa shape index (κ1) is 18.0. The lowest BCUT2D eigenvalue weighted by atomic mass is 9.97. The predicted molar refractivity (Wildman–Crippen MR) is 99.1 cm³/mol.